The summed E-state index contributed by atoms with van der Waals surface area (Å²) >= 11 is 0. The van der Waals surface area contributed by atoms with Crippen LogP contribution >= 0.6 is 0 Å². The minimum Gasteiger partial charge on any atom is -0.478 e. The highest BCUT2D eigenvalue weighted by Gasteiger charge is 2.40. The number of aromatic carboxylic acids is 1. The van der Waals surface area contributed by atoms with Gasteiger partial charge in [0.2, 0.25) is 5.91 Å². The highest BCUT2D eigenvalue weighted by molar-refractivity contribution is 5.97. The molecule has 36 heavy (non-hydrogen) atoms. The maximum absolute atomic E-state index is 14.8. The zero-order valence-electron chi connectivity index (χ0n) is 19.3. The Balaban J connectivity index is 1.36. The van der Waals surface area contributed by atoms with Gasteiger partial charge in [-0.3, -0.25) is 4.79 Å². The third kappa shape index (κ3) is 5.49. The van der Waals surface area contributed by atoms with E-state index in [4.69, 9.17) is 5.11 Å². The number of hydrogen-bond donors (Lipinski definition) is 2. The fourth-order valence-corrected chi connectivity index (χ4v) is 3.95. The molecule has 0 saturated heterocycles. The van der Waals surface area contributed by atoms with Gasteiger partial charge in [-0.25, -0.2) is 18.4 Å². The van der Waals surface area contributed by atoms with E-state index >= 15 is 0 Å². The molecule has 1 amide bonds. The summed E-state index contributed by atoms with van der Waals surface area (Å²) < 4.78 is 33.6. The number of methoxy groups -OCH3 is 1. The van der Waals surface area contributed by atoms with E-state index in [2.05, 4.69) is 10.1 Å². The molecule has 6 nitrogen and oxygen atoms in total. The Labute approximate surface area is 206 Å². The zero-order chi connectivity index (χ0) is 25.8. The molecule has 1 aliphatic rings. The van der Waals surface area contributed by atoms with Crippen LogP contribution in [0.25, 0.3) is 17.2 Å². The number of hydrogen-bond acceptors (Lipinski definition) is 4. The van der Waals surface area contributed by atoms with E-state index in [9.17, 15) is 23.2 Å². The van der Waals surface area contributed by atoms with Crippen LogP contribution < -0.4 is 5.32 Å². The standard InChI is InChI=1S/C28H23F2NO5/c1-36-28(35)25-21(3-2-4-23(25)29)19-11-12-20(24(30)14-19)15-31-26(32)22-13-18(22)10-7-16-5-8-17(9-6-16)27(33)34/h2-12,14,18,22H,13,15H2,1H3,(H,31,32)(H,33,34)/t18-,22-/m1/s1. The first-order valence-electron chi connectivity index (χ1n) is 11.2. The molecule has 0 bridgehead atoms. The number of allylic oxidation sites excluding steroid dienone is 1. The van der Waals surface area contributed by atoms with Crippen molar-refractivity contribution in [2.45, 2.75) is 13.0 Å². The fraction of sp³-hybridized carbons (Fsp3) is 0.179. The summed E-state index contributed by atoms with van der Waals surface area (Å²) in [5.41, 5.74) is 1.55. The molecule has 3 aromatic carbocycles. The molecule has 2 N–H and O–H groups in total. The van der Waals surface area contributed by atoms with Gasteiger partial charge < -0.3 is 15.2 Å². The van der Waals surface area contributed by atoms with Gasteiger partial charge in [-0.05, 0) is 53.3 Å². The van der Waals surface area contributed by atoms with E-state index in [1.54, 1.807) is 18.2 Å². The van der Waals surface area contributed by atoms with Gasteiger partial charge in [0, 0.05) is 18.0 Å². The van der Waals surface area contributed by atoms with Gasteiger partial charge in [0.1, 0.15) is 17.2 Å². The Morgan fingerprint density at radius 3 is 2.47 bits per heavy atom. The number of carboxylic acids is 1. The number of carboxylic acid groups (broad SMARTS) is 1. The molecule has 184 valence electrons. The molecule has 0 heterocycles. The summed E-state index contributed by atoms with van der Waals surface area (Å²) in [6.45, 7) is -0.0124. The van der Waals surface area contributed by atoms with Crippen LogP contribution in [0.15, 0.2) is 66.7 Å². The van der Waals surface area contributed by atoms with Crippen molar-refractivity contribution >= 4 is 23.9 Å². The van der Waals surface area contributed by atoms with Gasteiger partial charge in [0.25, 0.3) is 0 Å². The largest absolute Gasteiger partial charge is 0.478 e. The van der Waals surface area contributed by atoms with E-state index in [1.807, 2.05) is 12.2 Å². The van der Waals surface area contributed by atoms with Crippen LogP contribution in [0.5, 0.6) is 0 Å². The van der Waals surface area contributed by atoms with Gasteiger partial charge in [0.05, 0.1) is 12.7 Å². The van der Waals surface area contributed by atoms with Gasteiger partial charge in [-0.1, -0.05) is 48.6 Å². The second-order valence-electron chi connectivity index (χ2n) is 8.47. The first kappa shape index (κ1) is 24.8. The summed E-state index contributed by atoms with van der Waals surface area (Å²) in [4.78, 5) is 35.4. The Bertz CT molecular complexity index is 1350. The van der Waals surface area contributed by atoms with E-state index in [-0.39, 0.29) is 46.5 Å². The molecule has 0 unspecified atom stereocenters. The van der Waals surface area contributed by atoms with E-state index in [0.29, 0.717) is 12.0 Å². The van der Waals surface area contributed by atoms with Gasteiger partial charge in [-0.2, -0.15) is 0 Å². The molecular formula is C28H23F2NO5. The summed E-state index contributed by atoms with van der Waals surface area (Å²) in [5, 5.41) is 11.7. The highest BCUT2D eigenvalue weighted by Crippen LogP contribution is 2.40. The van der Waals surface area contributed by atoms with Crippen LogP contribution in [0.2, 0.25) is 0 Å². The van der Waals surface area contributed by atoms with E-state index in [1.165, 1.54) is 36.4 Å². The first-order valence-corrected chi connectivity index (χ1v) is 11.2. The predicted molar refractivity (Wildman–Crippen MR) is 129 cm³/mol. The first-order chi connectivity index (χ1) is 17.3. The van der Waals surface area contributed by atoms with Gasteiger partial charge in [0.15, 0.2) is 0 Å². The van der Waals surface area contributed by atoms with E-state index in [0.717, 1.165) is 18.7 Å². The average molecular weight is 491 g/mol. The van der Waals surface area contributed by atoms with Crippen LogP contribution in [-0.4, -0.2) is 30.1 Å². The van der Waals surface area contributed by atoms with Gasteiger partial charge in [-0.15, -0.1) is 0 Å². The molecule has 0 aromatic heterocycles. The number of carbonyl (C=O) groups excluding carboxylic acids is 2. The number of ether oxygens (including phenoxy) is 1. The quantitative estimate of drug-likeness (QED) is 0.429. The minimum absolute atomic E-state index is 0.0124. The van der Waals surface area contributed by atoms with Crippen molar-refractivity contribution in [1.29, 1.82) is 0 Å². The average Bonchev–Trinajstić information content (AvgIpc) is 3.66. The van der Waals surface area contributed by atoms with Crippen molar-refractivity contribution in [3.63, 3.8) is 0 Å². The molecular weight excluding hydrogens is 468 g/mol. The van der Waals surface area contributed by atoms with Crippen molar-refractivity contribution in [3.05, 3.63) is 101 Å². The smallest absolute Gasteiger partial charge is 0.341 e. The monoisotopic (exact) mass is 491 g/mol. The minimum atomic E-state index is -0.990. The van der Waals surface area contributed by atoms with Crippen LogP contribution in [0.1, 0.15) is 38.3 Å². The second-order valence-corrected chi connectivity index (χ2v) is 8.47. The summed E-state index contributed by atoms with van der Waals surface area (Å²) in [6, 6.07) is 14.7. The lowest BCUT2D eigenvalue weighted by Crippen LogP contribution is -2.25. The van der Waals surface area contributed by atoms with Crippen molar-refractivity contribution < 1.29 is 33.0 Å². The lowest BCUT2D eigenvalue weighted by Gasteiger charge is -2.11. The molecule has 8 heteroatoms. The topological polar surface area (TPSA) is 92.7 Å². The molecule has 1 saturated carbocycles. The maximum Gasteiger partial charge on any atom is 0.341 e. The lowest BCUT2D eigenvalue weighted by molar-refractivity contribution is -0.122. The number of rotatable bonds is 8. The number of amides is 1. The predicted octanol–water partition coefficient (Wildman–Crippen LogP) is 5.08. The van der Waals surface area contributed by atoms with Crippen LogP contribution in [-0.2, 0) is 16.1 Å². The SMILES string of the molecule is COC(=O)c1c(F)cccc1-c1ccc(CNC(=O)[C@@H]2C[C@H]2C=Cc2ccc(C(=O)O)cc2)c(F)c1. The molecule has 0 radical (unpaired) electrons. The Morgan fingerprint density at radius 2 is 1.81 bits per heavy atom. The second kappa shape index (κ2) is 10.5. The molecule has 3 aromatic rings. The van der Waals surface area contributed by atoms with Crippen LogP contribution in [0, 0.1) is 23.5 Å². The highest BCUT2D eigenvalue weighted by atomic mass is 19.1. The fourth-order valence-electron chi connectivity index (χ4n) is 3.95. The third-order valence-corrected chi connectivity index (χ3v) is 6.09. The Kier molecular flexibility index (Phi) is 7.24. The molecule has 1 fully saturated rings. The Morgan fingerprint density at radius 1 is 1.06 bits per heavy atom. The lowest BCUT2D eigenvalue weighted by atomic mass is 9.98. The molecule has 2 atom stereocenters. The number of carbonyl (C=O) groups is 3. The van der Waals surface area contributed by atoms with Crippen LogP contribution in [0.4, 0.5) is 8.78 Å². The zero-order valence-corrected chi connectivity index (χ0v) is 19.3. The summed E-state index contributed by atoms with van der Waals surface area (Å²) in [6.07, 6.45) is 4.43. The Hall–Kier alpha value is -4.33. The molecule has 0 aliphatic heterocycles. The summed E-state index contributed by atoms with van der Waals surface area (Å²) in [7, 11) is 1.14. The molecule has 1 aliphatic carbocycles. The third-order valence-electron chi connectivity index (χ3n) is 6.09. The van der Waals surface area contributed by atoms with Gasteiger partial charge >= 0.3 is 11.9 Å². The number of halogens is 2. The van der Waals surface area contributed by atoms with E-state index < -0.39 is 23.6 Å². The maximum atomic E-state index is 14.8. The number of esters is 1. The molecule has 4 rings (SSSR count). The van der Waals surface area contributed by atoms with Crippen molar-refractivity contribution in [1.82, 2.24) is 5.32 Å². The normalized spacial score (nSPS) is 16.5. The number of nitrogens with one attached hydrogen (secondary N) is 1. The number of benzene rings is 3. The summed E-state index contributed by atoms with van der Waals surface area (Å²) in [5.74, 6) is -3.54. The van der Waals surface area contributed by atoms with Crippen molar-refractivity contribution in [3.8, 4) is 11.1 Å². The molecule has 0 spiro atoms. The van der Waals surface area contributed by atoms with Crippen molar-refractivity contribution in [2.24, 2.45) is 11.8 Å². The van der Waals surface area contributed by atoms with Crippen molar-refractivity contribution in [2.75, 3.05) is 7.11 Å². The van der Waals surface area contributed by atoms with Crippen LogP contribution in [0.3, 0.4) is 0 Å².